The Morgan fingerprint density at radius 1 is 0.369 bits per heavy atom. The molecule has 0 aromatic heterocycles. The van der Waals surface area contributed by atoms with E-state index >= 15 is 0 Å². The first-order valence-corrected chi connectivity index (χ1v) is 29.6. The second-order valence-electron chi connectivity index (χ2n) is 20.7. The van der Waals surface area contributed by atoms with E-state index in [1.807, 2.05) is 0 Å². The molecule has 0 saturated heterocycles. The molecule has 1 amide bonds. The summed E-state index contributed by atoms with van der Waals surface area (Å²) in [5, 5.41) is 44.1. The summed E-state index contributed by atoms with van der Waals surface area (Å²) < 4.78 is 0. The number of aliphatic hydroxyl groups is 4. The first-order chi connectivity index (χ1) is 32.0. The standard InChI is InChI=1S/C59H117NO5/c1-3-5-7-9-11-13-15-17-19-21-23-25-27-29-31-33-35-37-39-41-43-45-47-49-51-53-57(63)59(65)60-55(54-61)58(64)56(62)52-50-48-46-44-42-40-38-36-34-32-30-28-26-24-22-20-18-16-14-12-10-8-6-4-2/h29,31,55-58,61-64H,3-28,30,32-54H2,1-2H3,(H,60,65)/b31-29-. The van der Waals surface area contributed by atoms with Gasteiger partial charge in [0, 0.05) is 0 Å². The van der Waals surface area contributed by atoms with E-state index in [0.29, 0.717) is 12.8 Å². The number of amides is 1. The Kier molecular flexibility index (Phi) is 53.2. The monoisotopic (exact) mass is 920 g/mol. The van der Waals surface area contributed by atoms with Gasteiger partial charge in [-0.25, -0.2) is 0 Å². The van der Waals surface area contributed by atoms with Crippen LogP contribution in [0.2, 0.25) is 0 Å². The molecule has 0 fully saturated rings. The van der Waals surface area contributed by atoms with Crippen LogP contribution in [0, 0.1) is 0 Å². The third kappa shape index (κ3) is 47.9. The number of hydrogen-bond donors (Lipinski definition) is 5. The summed E-state index contributed by atoms with van der Waals surface area (Å²) in [5.74, 6) is -0.579. The van der Waals surface area contributed by atoms with Gasteiger partial charge < -0.3 is 25.7 Å². The Labute approximate surface area is 406 Å². The summed E-state index contributed by atoms with van der Waals surface area (Å²) in [6.45, 7) is 4.10. The van der Waals surface area contributed by atoms with Gasteiger partial charge in [-0.05, 0) is 38.5 Å². The Balaban J connectivity index is 3.60. The minimum atomic E-state index is -1.26. The molecule has 0 radical (unpaired) electrons. The summed E-state index contributed by atoms with van der Waals surface area (Å²) in [7, 11) is 0. The van der Waals surface area contributed by atoms with Crippen LogP contribution in [-0.4, -0.2) is 57.3 Å². The van der Waals surface area contributed by atoms with Crippen LogP contribution in [0.1, 0.15) is 328 Å². The van der Waals surface area contributed by atoms with E-state index in [2.05, 4.69) is 31.3 Å². The maximum absolute atomic E-state index is 12.6. The van der Waals surface area contributed by atoms with Gasteiger partial charge in [0.2, 0.25) is 5.91 Å². The van der Waals surface area contributed by atoms with Crippen molar-refractivity contribution >= 4 is 5.91 Å². The molecule has 388 valence electrons. The Morgan fingerprint density at radius 3 is 0.892 bits per heavy atom. The average molecular weight is 921 g/mol. The fourth-order valence-electron chi connectivity index (χ4n) is 9.58. The van der Waals surface area contributed by atoms with Gasteiger partial charge in [-0.1, -0.05) is 302 Å². The number of allylic oxidation sites excluding steroid dienone is 2. The van der Waals surface area contributed by atoms with E-state index in [1.165, 1.54) is 263 Å². The van der Waals surface area contributed by atoms with Crippen LogP contribution < -0.4 is 5.32 Å². The van der Waals surface area contributed by atoms with Crippen LogP contribution in [0.15, 0.2) is 12.2 Å². The summed E-state index contributed by atoms with van der Waals surface area (Å²) >= 11 is 0. The van der Waals surface area contributed by atoms with Crippen LogP contribution in [0.4, 0.5) is 0 Å². The summed E-state index contributed by atoms with van der Waals surface area (Å²) in [6, 6.07) is -0.985. The van der Waals surface area contributed by atoms with Crippen molar-refractivity contribution < 1.29 is 25.2 Å². The van der Waals surface area contributed by atoms with E-state index in [4.69, 9.17) is 0 Å². The van der Waals surface area contributed by atoms with Crippen LogP contribution in [0.25, 0.3) is 0 Å². The molecule has 4 unspecified atom stereocenters. The van der Waals surface area contributed by atoms with Gasteiger partial charge in [0.15, 0.2) is 0 Å². The van der Waals surface area contributed by atoms with E-state index in [0.717, 1.165) is 38.5 Å². The van der Waals surface area contributed by atoms with Crippen LogP contribution in [0.5, 0.6) is 0 Å². The molecule has 0 aliphatic rings. The molecule has 65 heavy (non-hydrogen) atoms. The van der Waals surface area contributed by atoms with Gasteiger partial charge in [0.25, 0.3) is 0 Å². The van der Waals surface area contributed by atoms with Crippen molar-refractivity contribution in [2.24, 2.45) is 0 Å². The minimum Gasteiger partial charge on any atom is -0.394 e. The molecular formula is C59H117NO5. The molecule has 0 aliphatic heterocycles. The van der Waals surface area contributed by atoms with Gasteiger partial charge in [-0.15, -0.1) is 0 Å². The van der Waals surface area contributed by atoms with Crippen molar-refractivity contribution in [2.45, 2.75) is 353 Å². The molecule has 0 aromatic rings. The number of carbonyl (C=O) groups is 1. The fourth-order valence-corrected chi connectivity index (χ4v) is 9.58. The number of rotatable bonds is 55. The van der Waals surface area contributed by atoms with Gasteiger partial charge >= 0.3 is 0 Å². The van der Waals surface area contributed by atoms with Crippen molar-refractivity contribution in [1.29, 1.82) is 0 Å². The van der Waals surface area contributed by atoms with Gasteiger partial charge in [-0.2, -0.15) is 0 Å². The maximum Gasteiger partial charge on any atom is 0.249 e. The Bertz CT molecular complexity index is 944. The number of unbranched alkanes of at least 4 members (excludes halogenated alkanes) is 44. The molecule has 0 rings (SSSR count). The molecule has 0 heterocycles. The highest BCUT2D eigenvalue weighted by molar-refractivity contribution is 5.80. The van der Waals surface area contributed by atoms with Crippen molar-refractivity contribution in [1.82, 2.24) is 5.32 Å². The van der Waals surface area contributed by atoms with E-state index in [9.17, 15) is 25.2 Å². The van der Waals surface area contributed by atoms with Crippen molar-refractivity contribution in [3.63, 3.8) is 0 Å². The first-order valence-electron chi connectivity index (χ1n) is 29.6. The third-order valence-electron chi connectivity index (χ3n) is 14.2. The van der Waals surface area contributed by atoms with Crippen LogP contribution >= 0.6 is 0 Å². The molecule has 6 heteroatoms. The second kappa shape index (κ2) is 54.0. The van der Waals surface area contributed by atoms with Crippen molar-refractivity contribution in [3.05, 3.63) is 12.2 Å². The Hall–Kier alpha value is -0.950. The van der Waals surface area contributed by atoms with Crippen LogP contribution in [0.3, 0.4) is 0 Å². The predicted octanol–water partition coefficient (Wildman–Crippen LogP) is 17.3. The predicted molar refractivity (Wildman–Crippen MR) is 284 cm³/mol. The van der Waals surface area contributed by atoms with Crippen LogP contribution in [-0.2, 0) is 4.79 Å². The largest absolute Gasteiger partial charge is 0.394 e. The lowest BCUT2D eigenvalue weighted by Crippen LogP contribution is -2.53. The van der Waals surface area contributed by atoms with Gasteiger partial charge in [-0.3, -0.25) is 4.79 Å². The molecule has 4 atom stereocenters. The zero-order valence-corrected chi connectivity index (χ0v) is 44.0. The average Bonchev–Trinajstić information content (AvgIpc) is 3.31. The topological polar surface area (TPSA) is 110 Å². The summed E-state index contributed by atoms with van der Waals surface area (Å²) in [6.07, 6.45) is 64.3. The molecule has 5 N–H and O–H groups in total. The zero-order chi connectivity index (χ0) is 47.4. The zero-order valence-electron chi connectivity index (χ0n) is 44.0. The maximum atomic E-state index is 12.6. The summed E-state index contributed by atoms with van der Waals surface area (Å²) in [4.78, 5) is 12.6. The first kappa shape index (κ1) is 64.0. The molecular weight excluding hydrogens is 803 g/mol. The summed E-state index contributed by atoms with van der Waals surface area (Å²) in [5.41, 5.74) is 0. The highest BCUT2D eigenvalue weighted by atomic mass is 16.3. The molecule has 0 spiro atoms. The molecule has 0 aliphatic carbocycles. The number of hydrogen-bond acceptors (Lipinski definition) is 5. The highest BCUT2D eigenvalue weighted by Crippen LogP contribution is 2.18. The normalized spacial score (nSPS) is 13.8. The number of nitrogens with one attached hydrogen (secondary N) is 1. The van der Waals surface area contributed by atoms with Gasteiger partial charge in [0.1, 0.15) is 12.2 Å². The van der Waals surface area contributed by atoms with E-state index in [-0.39, 0.29) is 0 Å². The molecule has 0 saturated carbocycles. The molecule has 6 nitrogen and oxygen atoms in total. The fraction of sp³-hybridized carbons (Fsp3) is 0.949. The highest BCUT2D eigenvalue weighted by Gasteiger charge is 2.28. The lowest BCUT2D eigenvalue weighted by molar-refractivity contribution is -0.132. The van der Waals surface area contributed by atoms with Gasteiger partial charge in [0.05, 0.1) is 18.8 Å². The second-order valence-corrected chi connectivity index (χ2v) is 20.7. The number of carbonyl (C=O) groups excluding carboxylic acids is 1. The molecule has 0 aromatic carbocycles. The van der Waals surface area contributed by atoms with Crippen molar-refractivity contribution in [2.75, 3.05) is 6.61 Å². The van der Waals surface area contributed by atoms with Crippen molar-refractivity contribution in [3.8, 4) is 0 Å². The minimum absolute atomic E-state index is 0.370. The molecule has 0 bridgehead atoms. The Morgan fingerprint density at radius 2 is 0.615 bits per heavy atom. The number of aliphatic hydroxyl groups excluding tert-OH is 4. The quantitative estimate of drug-likeness (QED) is 0.0308. The lowest BCUT2D eigenvalue weighted by atomic mass is 9.99. The van der Waals surface area contributed by atoms with E-state index in [1.54, 1.807) is 0 Å². The SMILES string of the molecule is CCCCCCCCCCCCCC/C=C\CCCCCCCCCCCC(O)C(=O)NC(CO)C(O)C(O)CCCCCCCCCCCCCCCCCCCCCCCCCC. The van der Waals surface area contributed by atoms with E-state index < -0.39 is 36.9 Å². The smallest absolute Gasteiger partial charge is 0.249 e. The third-order valence-corrected chi connectivity index (χ3v) is 14.2. The lowest BCUT2D eigenvalue weighted by Gasteiger charge is -2.27.